The zero-order chi connectivity index (χ0) is 35.3. The minimum absolute atomic E-state index is 0.861. The molecule has 10 aromatic carbocycles. The number of hydrogen-bond acceptors (Lipinski definition) is 2. The van der Waals surface area contributed by atoms with E-state index in [0.717, 1.165) is 60.2 Å². The van der Waals surface area contributed by atoms with Crippen LogP contribution in [0.5, 0.6) is 0 Å². The van der Waals surface area contributed by atoms with E-state index in [1.54, 1.807) is 0 Å². The summed E-state index contributed by atoms with van der Waals surface area (Å²) in [4.78, 5) is 0. The van der Waals surface area contributed by atoms with Gasteiger partial charge in [-0.3, -0.25) is 0 Å². The minimum atomic E-state index is 0.861. The van der Waals surface area contributed by atoms with Crippen LogP contribution in [-0.4, -0.2) is 0 Å². The van der Waals surface area contributed by atoms with Crippen LogP contribution >= 0.6 is 0 Å². The zero-order valence-corrected chi connectivity index (χ0v) is 29.1. The van der Waals surface area contributed by atoms with Gasteiger partial charge in [-0.05, 0) is 114 Å². The summed E-state index contributed by atoms with van der Waals surface area (Å²) in [7, 11) is 0. The van der Waals surface area contributed by atoms with Gasteiger partial charge in [0.15, 0.2) is 0 Å². The van der Waals surface area contributed by atoms with Gasteiger partial charge in [0, 0.05) is 26.9 Å². The third kappa shape index (κ3) is 4.22. The molecule has 12 aromatic rings. The van der Waals surface area contributed by atoms with E-state index in [0.29, 0.717) is 0 Å². The van der Waals surface area contributed by atoms with Crippen LogP contribution in [0.3, 0.4) is 0 Å². The Morgan fingerprint density at radius 2 is 0.796 bits per heavy atom. The molecule has 0 N–H and O–H groups in total. The third-order valence-electron chi connectivity index (χ3n) is 11.4. The van der Waals surface area contributed by atoms with Gasteiger partial charge in [0.05, 0.1) is 0 Å². The molecule has 0 aliphatic heterocycles. The Kier molecular flexibility index (Phi) is 6.09. The summed E-state index contributed by atoms with van der Waals surface area (Å²) in [5, 5.41) is 14.0. The predicted molar refractivity (Wildman–Crippen MR) is 227 cm³/mol. The molecule has 2 nitrogen and oxygen atoms in total. The first-order chi connectivity index (χ1) is 26.8. The first kappa shape index (κ1) is 29.4. The van der Waals surface area contributed by atoms with E-state index >= 15 is 0 Å². The number of rotatable bonds is 3. The summed E-state index contributed by atoms with van der Waals surface area (Å²) in [5.41, 5.74) is 10.8. The monoisotopic (exact) mass is 686 g/mol. The molecule has 0 spiro atoms. The van der Waals surface area contributed by atoms with Crippen molar-refractivity contribution in [1.82, 2.24) is 0 Å². The molecule has 0 fully saturated rings. The average Bonchev–Trinajstić information content (AvgIpc) is 3.81. The van der Waals surface area contributed by atoms with E-state index in [2.05, 4.69) is 170 Å². The smallest absolute Gasteiger partial charge is 0.144 e. The van der Waals surface area contributed by atoms with Crippen molar-refractivity contribution >= 4 is 87.0 Å². The lowest BCUT2D eigenvalue weighted by Crippen LogP contribution is -1.91. The quantitative estimate of drug-likeness (QED) is 0.173. The Morgan fingerprint density at radius 3 is 1.52 bits per heavy atom. The lowest BCUT2D eigenvalue weighted by atomic mass is 9.85. The highest BCUT2D eigenvalue weighted by molar-refractivity contribution is 6.29. The molecule has 54 heavy (non-hydrogen) atoms. The van der Waals surface area contributed by atoms with Crippen molar-refractivity contribution in [3.8, 4) is 33.4 Å². The second-order valence-corrected chi connectivity index (χ2v) is 14.4. The van der Waals surface area contributed by atoms with Crippen molar-refractivity contribution in [2.45, 2.75) is 0 Å². The van der Waals surface area contributed by atoms with Gasteiger partial charge in [0.1, 0.15) is 22.3 Å². The molecule has 2 heterocycles. The second kappa shape index (κ2) is 11.2. The topological polar surface area (TPSA) is 26.3 Å². The molecule has 0 saturated heterocycles. The van der Waals surface area contributed by atoms with Crippen LogP contribution in [0.1, 0.15) is 0 Å². The number of para-hydroxylation sites is 1. The summed E-state index contributed by atoms with van der Waals surface area (Å²) >= 11 is 0. The lowest BCUT2D eigenvalue weighted by Gasteiger charge is -2.18. The van der Waals surface area contributed by atoms with Gasteiger partial charge in [0.2, 0.25) is 0 Å². The third-order valence-corrected chi connectivity index (χ3v) is 11.4. The maximum Gasteiger partial charge on any atom is 0.144 e. The molecular weight excluding hydrogens is 657 g/mol. The highest BCUT2D eigenvalue weighted by Gasteiger charge is 2.20. The van der Waals surface area contributed by atoms with E-state index in [-0.39, 0.29) is 0 Å². The maximum atomic E-state index is 6.70. The predicted octanol–water partition coefficient (Wildman–Crippen LogP) is 15.1. The Bertz CT molecular complexity index is 3430. The van der Waals surface area contributed by atoms with E-state index in [4.69, 9.17) is 8.83 Å². The molecule has 250 valence electrons. The number of fused-ring (bicyclic) bond motifs is 12. The Hall–Kier alpha value is -7.16. The van der Waals surface area contributed by atoms with Gasteiger partial charge in [-0.15, -0.1) is 0 Å². The van der Waals surface area contributed by atoms with Crippen LogP contribution in [0.15, 0.2) is 191 Å². The molecular formula is C52H30O2. The molecule has 0 saturated carbocycles. The lowest BCUT2D eigenvalue weighted by molar-refractivity contribution is 0.668. The van der Waals surface area contributed by atoms with Crippen LogP contribution < -0.4 is 0 Å². The fourth-order valence-electron chi connectivity index (χ4n) is 8.97. The average molecular weight is 687 g/mol. The van der Waals surface area contributed by atoms with Gasteiger partial charge < -0.3 is 8.83 Å². The molecule has 0 amide bonds. The van der Waals surface area contributed by atoms with Crippen LogP contribution in [0.4, 0.5) is 0 Å². The fourth-order valence-corrected chi connectivity index (χ4v) is 8.97. The molecule has 0 atom stereocenters. The summed E-state index contributed by atoms with van der Waals surface area (Å²) in [6.45, 7) is 0. The van der Waals surface area contributed by atoms with E-state index in [9.17, 15) is 0 Å². The van der Waals surface area contributed by atoms with E-state index in [1.807, 2.05) is 12.1 Å². The van der Waals surface area contributed by atoms with Crippen LogP contribution in [0.25, 0.3) is 120 Å². The van der Waals surface area contributed by atoms with E-state index in [1.165, 1.54) is 60.1 Å². The minimum Gasteiger partial charge on any atom is -0.456 e. The van der Waals surface area contributed by atoms with Crippen molar-refractivity contribution in [2.75, 3.05) is 0 Å². The molecule has 2 aromatic heterocycles. The largest absolute Gasteiger partial charge is 0.456 e. The molecule has 0 aliphatic rings. The summed E-state index contributed by atoms with van der Waals surface area (Å²) in [6, 6.07) is 65.6. The Morgan fingerprint density at radius 1 is 0.259 bits per heavy atom. The number of hydrogen-bond donors (Lipinski definition) is 0. The van der Waals surface area contributed by atoms with Gasteiger partial charge in [0.25, 0.3) is 0 Å². The molecule has 2 heteroatoms. The summed E-state index contributed by atoms with van der Waals surface area (Å²) < 4.78 is 13.2. The van der Waals surface area contributed by atoms with Gasteiger partial charge in [-0.25, -0.2) is 0 Å². The highest BCUT2D eigenvalue weighted by atomic mass is 16.3. The fraction of sp³-hybridized carbons (Fsp3) is 0. The molecule has 0 radical (unpaired) electrons. The first-order valence-corrected chi connectivity index (χ1v) is 18.5. The number of benzene rings is 10. The Labute approximate surface area is 310 Å². The number of furan rings is 2. The van der Waals surface area contributed by atoms with Crippen molar-refractivity contribution in [1.29, 1.82) is 0 Å². The second-order valence-electron chi connectivity index (χ2n) is 14.4. The van der Waals surface area contributed by atoms with Crippen molar-refractivity contribution in [2.24, 2.45) is 0 Å². The molecule has 0 aliphatic carbocycles. The first-order valence-electron chi connectivity index (χ1n) is 18.5. The van der Waals surface area contributed by atoms with Crippen LogP contribution in [0, 0.1) is 0 Å². The Balaban J connectivity index is 1.07. The van der Waals surface area contributed by atoms with Crippen molar-refractivity contribution in [3.05, 3.63) is 182 Å². The SMILES string of the molecule is c1ccc(-c2ccc3cc(-c4c5ccccc5c(-c5ccc6c(c5)oc5ccc7ccc8c9ccccc9oc8c7c56)c5ccccc45)ccc3c2)cc1. The molecule has 12 rings (SSSR count). The normalized spacial score (nSPS) is 12.1. The standard InChI is InChI=1S/C52H30O2/c1-2-10-31(11-3-1)33-18-19-35-29-36(21-20-34(35)28-33)48-39-13-4-6-15-41(39)49(42-16-7-5-14-40(42)48)37-23-26-44-47(30-37)53-46-27-24-32-22-25-43-38-12-8-9-17-45(38)54-52(43)50(32)51(44)46/h1-30H. The molecule has 0 bridgehead atoms. The van der Waals surface area contributed by atoms with Gasteiger partial charge >= 0.3 is 0 Å². The van der Waals surface area contributed by atoms with Gasteiger partial charge in [-0.2, -0.15) is 0 Å². The van der Waals surface area contributed by atoms with Crippen molar-refractivity contribution in [3.63, 3.8) is 0 Å². The summed E-state index contributed by atoms with van der Waals surface area (Å²) in [6.07, 6.45) is 0. The van der Waals surface area contributed by atoms with Crippen LogP contribution in [-0.2, 0) is 0 Å². The zero-order valence-electron chi connectivity index (χ0n) is 29.1. The summed E-state index contributed by atoms with van der Waals surface area (Å²) in [5.74, 6) is 0. The maximum absolute atomic E-state index is 6.70. The van der Waals surface area contributed by atoms with E-state index < -0.39 is 0 Å². The van der Waals surface area contributed by atoms with Crippen molar-refractivity contribution < 1.29 is 8.83 Å². The van der Waals surface area contributed by atoms with Gasteiger partial charge in [-0.1, -0.05) is 140 Å². The molecule has 0 unspecified atom stereocenters. The highest BCUT2D eigenvalue weighted by Crippen LogP contribution is 2.46. The van der Waals surface area contributed by atoms with Crippen LogP contribution in [0.2, 0.25) is 0 Å².